The predicted octanol–water partition coefficient (Wildman–Crippen LogP) is 2.96. The van der Waals surface area contributed by atoms with Crippen molar-refractivity contribution in [2.75, 3.05) is 5.32 Å². The first-order chi connectivity index (χ1) is 10.5. The van der Waals surface area contributed by atoms with Crippen LogP contribution >= 0.6 is 0 Å². The first kappa shape index (κ1) is 17.0. The number of nitrogens with one attached hydrogen (secondary N) is 1. The number of hydrogen-bond donors (Lipinski definition) is 2. The van der Waals surface area contributed by atoms with Crippen LogP contribution in [0.4, 0.5) is 5.69 Å². The molecule has 3 nitrogen and oxygen atoms in total. The summed E-state index contributed by atoms with van der Waals surface area (Å²) in [7, 11) is 0. The Kier molecular flexibility index (Phi) is 6.01. The maximum atomic E-state index is 12.4. The van der Waals surface area contributed by atoms with Gasteiger partial charge in [0.15, 0.2) is 6.04 Å². The molecule has 1 aromatic carbocycles. The summed E-state index contributed by atoms with van der Waals surface area (Å²) in [6, 6.07) is 8.68. The molecule has 3 N–H and O–H groups in total. The van der Waals surface area contributed by atoms with E-state index in [-0.39, 0.29) is 11.9 Å². The Balaban J connectivity index is 1.88. The van der Waals surface area contributed by atoms with E-state index in [0.29, 0.717) is 12.0 Å². The molecule has 4 atom stereocenters. The molecule has 0 bridgehead atoms. The average molecular weight is 303 g/mol. The average Bonchev–Trinajstić information content (AvgIpc) is 2.52. The van der Waals surface area contributed by atoms with Crippen LogP contribution in [0.2, 0.25) is 0 Å². The number of carbonyl (C=O) groups excluding carboxylic acids is 1. The van der Waals surface area contributed by atoms with Crippen molar-refractivity contribution in [1.82, 2.24) is 0 Å². The van der Waals surface area contributed by atoms with Crippen molar-refractivity contribution in [3.05, 3.63) is 29.8 Å². The third-order valence-electron chi connectivity index (χ3n) is 5.35. The van der Waals surface area contributed by atoms with Gasteiger partial charge >= 0.3 is 0 Å². The molecule has 1 aliphatic rings. The predicted molar refractivity (Wildman–Crippen MR) is 91.8 cm³/mol. The first-order valence-corrected chi connectivity index (χ1v) is 8.76. The lowest BCUT2D eigenvalue weighted by atomic mass is 9.78. The van der Waals surface area contributed by atoms with Gasteiger partial charge in [-0.1, -0.05) is 32.9 Å². The van der Waals surface area contributed by atoms with Gasteiger partial charge in [-0.15, -0.1) is 0 Å². The minimum absolute atomic E-state index is 0.0383. The number of benzene rings is 1. The molecule has 0 saturated heterocycles. The van der Waals surface area contributed by atoms with Gasteiger partial charge in [0.1, 0.15) is 0 Å². The zero-order valence-electron chi connectivity index (χ0n) is 14.4. The molecule has 122 valence electrons. The van der Waals surface area contributed by atoms with Crippen LogP contribution in [0.15, 0.2) is 24.3 Å². The summed E-state index contributed by atoms with van der Waals surface area (Å²) in [6.07, 6.45) is 4.87. The first-order valence-electron chi connectivity index (χ1n) is 8.76. The number of carbonyl (C=O) groups is 1. The molecule has 1 aromatic rings. The highest BCUT2D eigenvalue weighted by Gasteiger charge is 2.32. The minimum Gasteiger partial charge on any atom is -0.334 e. The van der Waals surface area contributed by atoms with Gasteiger partial charge in [0, 0.05) is 11.6 Å². The van der Waals surface area contributed by atoms with Crippen LogP contribution in [-0.4, -0.2) is 18.0 Å². The van der Waals surface area contributed by atoms with E-state index in [2.05, 4.69) is 43.5 Å². The summed E-state index contributed by atoms with van der Waals surface area (Å²) >= 11 is 0. The maximum absolute atomic E-state index is 12.4. The van der Waals surface area contributed by atoms with Gasteiger partial charge in [0.25, 0.3) is 5.91 Å². The summed E-state index contributed by atoms with van der Waals surface area (Å²) < 4.78 is 0. The van der Waals surface area contributed by atoms with Crippen LogP contribution in [0.3, 0.4) is 0 Å². The van der Waals surface area contributed by atoms with E-state index < -0.39 is 0 Å². The Morgan fingerprint density at radius 2 is 1.95 bits per heavy atom. The van der Waals surface area contributed by atoms with Crippen LogP contribution < -0.4 is 10.6 Å². The summed E-state index contributed by atoms with van der Waals surface area (Å²) in [5.74, 6) is 1.56. The Morgan fingerprint density at radius 3 is 2.59 bits per heavy atom. The van der Waals surface area contributed by atoms with Crippen LogP contribution in [0.5, 0.6) is 0 Å². The Morgan fingerprint density at radius 1 is 1.27 bits per heavy atom. The molecule has 22 heavy (non-hydrogen) atoms. The zero-order chi connectivity index (χ0) is 16.1. The third-order valence-corrected chi connectivity index (χ3v) is 5.35. The van der Waals surface area contributed by atoms with Crippen LogP contribution in [0.1, 0.15) is 52.5 Å². The van der Waals surface area contributed by atoms with E-state index in [1.54, 1.807) is 0 Å². The fourth-order valence-electron chi connectivity index (χ4n) is 3.43. The Hall–Kier alpha value is -1.35. The van der Waals surface area contributed by atoms with Gasteiger partial charge in [-0.3, -0.25) is 4.79 Å². The number of quaternary nitrogens is 1. The molecule has 0 radical (unpaired) electrons. The van der Waals surface area contributed by atoms with Crippen molar-refractivity contribution in [3.8, 4) is 0 Å². The molecule has 0 heterocycles. The van der Waals surface area contributed by atoms with Crippen molar-refractivity contribution in [3.63, 3.8) is 0 Å². The van der Waals surface area contributed by atoms with E-state index in [4.69, 9.17) is 0 Å². The Bertz CT molecular complexity index is 483. The van der Waals surface area contributed by atoms with E-state index in [1.165, 1.54) is 24.8 Å². The molecule has 0 spiro atoms. The van der Waals surface area contributed by atoms with E-state index in [1.807, 2.05) is 19.1 Å². The van der Waals surface area contributed by atoms with Gasteiger partial charge in [-0.2, -0.15) is 0 Å². The normalized spacial score (nSPS) is 26.5. The van der Waals surface area contributed by atoms with E-state index >= 15 is 0 Å². The van der Waals surface area contributed by atoms with Gasteiger partial charge in [0.2, 0.25) is 0 Å². The fraction of sp³-hybridized carbons (Fsp3) is 0.632. The molecule has 1 amide bonds. The number of anilines is 1. The number of hydrogen-bond acceptors (Lipinski definition) is 1. The van der Waals surface area contributed by atoms with Gasteiger partial charge in [-0.05, 0) is 56.2 Å². The highest BCUT2D eigenvalue weighted by Crippen LogP contribution is 2.27. The molecule has 3 heteroatoms. The second kappa shape index (κ2) is 7.77. The van der Waals surface area contributed by atoms with E-state index in [9.17, 15) is 4.79 Å². The molecule has 0 aliphatic heterocycles. The van der Waals surface area contributed by atoms with Crippen LogP contribution in [-0.2, 0) is 11.2 Å². The zero-order valence-corrected chi connectivity index (χ0v) is 14.4. The molecule has 0 aromatic heterocycles. The van der Waals surface area contributed by atoms with Crippen LogP contribution in [0.25, 0.3) is 0 Å². The molecular weight excluding hydrogens is 272 g/mol. The lowest BCUT2D eigenvalue weighted by Gasteiger charge is -2.33. The second-order valence-corrected chi connectivity index (χ2v) is 6.95. The largest absolute Gasteiger partial charge is 0.334 e. The second-order valence-electron chi connectivity index (χ2n) is 6.95. The lowest BCUT2D eigenvalue weighted by molar-refractivity contribution is -0.715. The molecule has 1 fully saturated rings. The topological polar surface area (TPSA) is 45.7 Å². The molecule has 1 aliphatic carbocycles. The number of nitrogens with two attached hydrogens (primary N) is 1. The van der Waals surface area contributed by atoms with Crippen molar-refractivity contribution in [2.45, 2.75) is 65.5 Å². The Labute approximate surface area is 134 Å². The monoisotopic (exact) mass is 303 g/mol. The quantitative estimate of drug-likeness (QED) is 0.863. The molecule has 2 rings (SSSR count). The maximum Gasteiger partial charge on any atom is 0.282 e. The van der Waals surface area contributed by atoms with Crippen molar-refractivity contribution in [1.29, 1.82) is 0 Å². The molecule has 1 saturated carbocycles. The minimum atomic E-state index is -0.0383. The van der Waals surface area contributed by atoms with Gasteiger partial charge in [0.05, 0.1) is 6.04 Å². The number of amides is 1. The van der Waals surface area contributed by atoms with Crippen molar-refractivity contribution < 1.29 is 10.1 Å². The summed E-state index contributed by atoms with van der Waals surface area (Å²) in [5, 5.41) is 5.31. The fourth-order valence-corrected chi connectivity index (χ4v) is 3.43. The van der Waals surface area contributed by atoms with Crippen LogP contribution in [0, 0.1) is 11.8 Å². The molecule has 0 unspecified atom stereocenters. The standard InChI is InChI=1S/C19H30N2O/c1-5-16-9-11-17(12-10-16)21-19(22)15(4)20-18-8-6-7-13(2)14(18)3/h9-15,18,20H,5-8H2,1-4H3,(H,21,22)/p+1/t13-,14-,15-,18-/m0/s1. The smallest absolute Gasteiger partial charge is 0.282 e. The SMILES string of the molecule is CCc1ccc(NC(=O)[C@H](C)[NH2+][C@H]2CCC[C@H](C)[C@@H]2C)cc1. The highest BCUT2D eigenvalue weighted by molar-refractivity contribution is 5.93. The third kappa shape index (κ3) is 4.33. The summed E-state index contributed by atoms with van der Waals surface area (Å²) in [5.41, 5.74) is 2.19. The van der Waals surface area contributed by atoms with Gasteiger partial charge < -0.3 is 10.6 Å². The number of rotatable bonds is 5. The molecular formula is C19H31N2O+. The number of aryl methyl sites for hydroxylation is 1. The van der Waals surface area contributed by atoms with Crippen molar-refractivity contribution in [2.24, 2.45) is 11.8 Å². The summed E-state index contributed by atoms with van der Waals surface area (Å²) in [4.78, 5) is 12.4. The van der Waals surface area contributed by atoms with Gasteiger partial charge in [-0.25, -0.2) is 0 Å². The van der Waals surface area contributed by atoms with Crippen molar-refractivity contribution >= 4 is 11.6 Å². The summed E-state index contributed by atoms with van der Waals surface area (Å²) in [6.45, 7) is 8.82. The lowest BCUT2D eigenvalue weighted by Crippen LogP contribution is -2.97. The highest BCUT2D eigenvalue weighted by atomic mass is 16.2. The van der Waals surface area contributed by atoms with E-state index in [0.717, 1.165) is 18.0 Å².